The molecule has 1 heterocycles. The number of thioether (sulfide) groups is 1. The molecule has 1 aliphatic heterocycles. The zero-order valence-electron chi connectivity index (χ0n) is 15.5. The molecule has 1 aromatic carbocycles. The number of hydrogen-bond acceptors (Lipinski definition) is 4. The summed E-state index contributed by atoms with van der Waals surface area (Å²) in [5.74, 6) is 0.568. The standard InChI is InChI=1S/C19H30N2O2S/c1-14(20-16-8-6-7-9-17(16)24-5)15-10-12-21(13-11-15)18(22)23-19(2,3)4/h6-9,14-15,20H,10-13H2,1-5H3. The van der Waals surface area contributed by atoms with Crippen molar-refractivity contribution < 1.29 is 9.53 Å². The van der Waals surface area contributed by atoms with Gasteiger partial charge in [0.25, 0.3) is 0 Å². The maximum absolute atomic E-state index is 12.2. The van der Waals surface area contributed by atoms with Crippen LogP contribution >= 0.6 is 11.8 Å². The van der Waals surface area contributed by atoms with Crippen molar-refractivity contribution in [3.8, 4) is 0 Å². The SMILES string of the molecule is CSc1ccccc1NC(C)C1CCN(C(=O)OC(C)(C)C)CC1. The molecule has 5 heteroatoms. The number of carbonyl (C=O) groups is 1. The van der Waals surface area contributed by atoms with E-state index in [0.717, 1.165) is 25.9 Å². The second-order valence-electron chi connectivity index (χ2n) is 7.44. The van der Waals surface area contributed by atoms with E-state index in [9.17, 15) is 4.79 Å². The summed E-state index contributed by atoms with van der Waals surface area (Å²) >= 11 is 1.76. The van der Waals surface area contributed by atoms with Crippen LogP contribution in [0.3, 0.4) is 0 Å². The second-order valence-corrected chi connectivity index (χ2v) is 8.29. The number of carbonyl (C=O) groups excluding carboxylic acids is 1. The maximum atomic E-state index is 12.2. The molecule has 0 saturated carbocycles. The molecule has 2 rings (SSSR count). The monoisotopic (exact) mass is 350 g/mol. The fourth-order valence-corrected chi connectivity index (χ4v) is 3.60. The number of para-hydroxylation sites is 1. The summed E-state index contributed by atoms with van der Waals surface area (Å²) in [7, 11) is 0. The highest BCUT2D eigenvalue weighted by atomic mass is 32.2. The van der Waals surface area contributed by atoms with Crippen molar-refractivity contribution in [2.24, 2.45) is 5.92 Å². The molecule has 1 amide bonds. The quantitative estimate of drug-likeness (QED) is 0.788. The highest BCUT2D eigenvalue weighted by Gasteiger charge is 2.29. The number of nitrogens with one attached hydrogen (secondary N) is 1. The smallest absolute Gasteiger partial charge is 0.410 e. The highest BCUT2D eigenvalue weighted by Crippen LogP contribution is 2.29. The van der Waals surface area contributed by atoms with E-state index in [1.165, 1.54) is 10.6 Å². The highest BCUT2D eigenvalue weighted by molar-refractivity contribution is 7.98. The van der Waals surface area contributed by atoms with Crippen LogP contribution in [0.5, 0.6) is 0 Å². The van der Waals surface area contributed by atoms with Crippen LogP contribution < -0.4 is 5.32 Å². The van der Waals surface area contributed by atoms with E-state index in [2.05, 4.69) is 42.8 Å². The van der Waals surface area contributed by atoms with E-state index in [-0.39, 0.29) is 6.09 Å². The third-order valence-electron chi connectivity index (χ3n) is 4.39. The number of benzene rings is 1. The van der Waals surface area contributed by atoms with Crippen LogP contribution in [0.25, 0.3) is 0 Å². The molecule has 0 bridgehead atoms. The van der Waals surface area contributed by atoms with Gasteiger partial charge in [0, 0.05) is 29.7 Å². The van der Waals surface area contributed by atoms with Gasteiger partial charge in [-0.15, -0.1) is 11.8 Å². The molecule has 1 unspecified atom stereocenters. The van der Waals surface area contributed by atoms with E-state index in [4.69, 9.17) is 4.74 Å². The fourth-order valence-electron chi connectivity index (χ4n) is 3.04. The van der Waals surface area contributed by atoms with Gasteiger partial charge in [-0.25, -0.2) is 4.79 Å². The Hall–Kier alpha value is -1.36. The first-order chi connectivity index (χ1) is 11.3. The van der Waals surface area contributed by atoms with Crippen LogP contribution in [-0.2, 0) is 4.74 Å². The minimum absolute atomic E-state index is 0.186. The number of nitrogens with zero attached hydrogens (tertiary/aromatic N) is 1. The Morgan fingerprint density at radius 2 is 1.92 bits per heavy atom. The van der Waals surface area contributed by atoms with E-state index >= 15 is 0 Å². The minimum Gasteiger partial charge on any atom is -0.444 e. The van der Waals surface area contributed by atoms with Crippen LogP contribution in [0, 0.1) is 5.92 Å². The summed E-state index contributed by atoms with van der Waals surface area (Å²) in [6.45, 7) is 9.52. The molecule has 134 valence electrons. The van der Waals surface area contributed by atoms with Gasteiger partial charge in [-0.1, -0.05) is 12.1 Å². The first kappa shape index (κ1) is 19.0. The van der Waals surface area contributed by atoms with Gasteiger partial charge in [0.15, 0.2) is 0 Å². The van der Waals surface area contributed by atoms with Crippen LogP contribution in [0.15, 0.2) is 29.2 Å². The van der Waals surface area contributed by atoms with Crippen molar-refractivity contribution in [2.75, 3.05) is 24.7 Å². The molecule has 24 heavy (non-hydrogen) atoms. The number of ether oxygens (including phenoxy) is 1. The van der Waals surface area contributed by atoms with Crippen LogP contribution in [0.4, 0.5) is 10.5 Å². The van der Waals surface area contributed by atoms with Gasteiger partial charge in [-0.2, -0.15) is 0 Å². The lowest BCUT2D eigenvalue weighted by atomic mass is 9.90. The third-order valence-corrected chi connectivity index (χ3v) is 5.18. The van der Waals surface area contributed by atoms with Crippen molar-refractivity contribution in [1.82, 2.24) is 4.90 Å². The second kappa shape index (κ2) is 8.15. The van der Waals surface area contributed by atoms with E-state index < -0.39 is 5.60 Å². The van der Waals surface area contributed by atoms with Crippen molar-refractivity contribution in [2.45, 2.75) is 57.1 Å². The van der Waals surface area contributed by atoms with Gasteiger partial charge in [0.05, 0.1) is 0 Å². The molecule has 1 N–H and O–H groups in total. The topological polar surface area (TPSA) is 41.6 Å². The summed E-state index contributed by atoms with van der Waals surface area (Å²) in [6, 6.07) is 8.81. The Labute approximate surface area is 150 Å². The number of hydrogen-bond donors (Lipinski definition) is 1. The van der Waals surface area contributed by atoms with Gasteiger partial charge in [-0.05, 0) is 64.8 Å². The van der Waals surface area contributed by atoms with Crippen LogP contribution in [-0.4, -0.2) is 42.0 Å². The Kier molecular flexibility index (Phi) is 6.44. The average Bonchev–Trinajstić information content (AvgIpc) is 2.54. The maximum Gasteiger partial charge on any atom is 0.410 e. The lowest BCUT2D eigenvalue weighted by molar-refractivity contribution is 0.0179. The molecule has 0 radical (unpaired) electrons. The minimum atomic E-state index is -0.426. The molecular formula is C19H30N2O2S. The zero-order valence-corrected chi connectivity index (χ0v) is 16.3. The summed E-state index contributed by atoms with van der Waals surface area (Å²) in [5.41, 5.74) is 0.775. The molecule has 1 saturated heterocycles. The first-order valence-corrected chi connectivity index (χ1v) is 9.90. The Bertz CT molecular complexity index is 549. The molecule has 1 fully saturated rings. The Balaban J connectivity index is 1.86. The van der Waals surface area contributed by atoms with Crippen molar-refractivity contribution in [1.29, 1.82) is 0 Å². The summed E-state index contributed by atoms with van der Waals surface area (Å²) in [5, 5.41) is 3.66. The first-order valence-electron chi connectivity index (χ1n) is 8.67. The van der Waals surface area contributed by atoms with E-state index in [1.54, 1.807) is 11.8 Å². The predicted molar refractivity (Wildman–Crippen MR) is 102 cm³/mol. The third kappa shape index (κ3) is 5.33. The number of rotatable bonds is 4. The Morgan fingerprint density at radius 1 is 1.29 bits per heavy atom. The van der Waals surface area contributed by atoms with Crippen molar-refractivity contribution >= 4 is 23.5 Å². The number of likely N-dealkylation sites (tertiary alicyclic amines) is 1. The molecule has 0 aliphatic carbocycles. The van der Waals surface area contributed by atoms with Gasteiger partial charge < -0.3 is 15.0 Å². The van der Waals surface area contributed by atoms with E-state index in [1.807, 2.05) is 25.7 Å². The summed E-state index contributed by atoms with van der Waals surface area (Å²) < 4.78 is 5.47. The zero-order chi connectivity index (χ0) is 17.7. The van der Waals surface area contributed by atoms with Crippen molar-refractivity contribution in [3.63, 3.8) is 0 Å². The van der Waals surface area contributed by atoms with Gasteiger partial charge in [0.1, 0.15) is 5.60 Å². The normalized spacial score (nSPS) is 17.5. The van der Waals surface area contributed by atoms with Gasteiger partial charge >= 0.3 is 6.09 Å². The fraction of sp³-hybridized carbons (Fsp3) is 0.632. The molecule has 0 aromatic heterocycles. The molecular weight excluding hydrogens is 320 g/mol. The molecule has 0 spiro atoms. The molecule has 1 aromatic rings. The lowest BCUT2D eigenvalue weighted by Gasteiger charge is -2.36. The molecule has 4 nitrogen and oxygen atoms in total. The molecule has 1 aliphatic rings. The number of amides is 1. The Morgan fingerprint density at radius 3 is 2.50 bits per heavy atom. The lowest BCUT2D eigenvalue weighted by Crippen LogP contribution is -2.44. The summed E-state index contributed by atoms with van der Waals surface area (Å²) in [6.07, 6.45) is 3.93. The predicted octanol–water partition coefficient (Wildman–Crippen LogP) is 4.86. The van der Waals surface area contributed by atoms with Crippen LogP contribution in [0.2, 0.25) is 0 Å². The molecule has 1 atom stereocenters. The summed E-state index contributed by atoms with van der Waals surface area (Å²) in [4.78, 5) is 15.3. The average molecular weight is 351 g/mol. The van der Waals surface area contributed by atoms with E-state index in [0.29, 0.717) is 12.0 Å². The number of anilines is 1. The van der Waals surface area contributed by atoms with Gasteiger partial charge in [-0.3, -0.25) is 0 Å². The van der Waals surface area contributed by atoms with Crippen molar-refractivity contribution in [3.05, 3.63) is 24.3 Å². The number of piperidine rings is 1. The largest absolute Gasteiger partial charge is 0.444 e. The van der Waals surface area contributed by atoms with Gasteiger partial charge in [0.2, 0.25) is 0 Å². The van der Waals surface area contributed by atoms with Crippen LogP contribution in [0.1, 0.15) is 40.5 Å².